The van der Waals surface area contributed by atoms with Gasteiger partial charge in [0.2, 0.25) is 5.91 Å². The molecule has 20 heavy (non-hydrogen) atoms. The Bertz CT molecular complexity index is 619. The third-order valence-corrected chi connectivity index (χ3v) is 3.42. The van der Waals surface area contributed by atoms with Crippen LogP contribution in [0, 0.1) is 6.92 Å². The van der Waals surface area contributed by atoms with Crippen LogP contribution in [0.25, 0.3) is 11.0 Å². The molecule has 0 fully saturated rings. The minimum absolute atomic E-state index is 0.00651. The number of aryl methyl sites for hydroxylation is 1. The number of hydrogen-bond donors (Lipinski definition) is 1. The van der Waals surface area contributed by atoms with E-state index < -0.39 is 0 Å². The van der Waals surface area contributed by atoms with Gasteiger partial charge in [0.05, 0.1) is 16.4 Å². The molecule has 0 saturated carbocycles. The molecular formula is C15H20ClN3O. The van der Waals surface area contributed by atoms with E-state index in [-0.39, 0.29) is 17.8 Å². The van der Waals surface area contributed by atoms with Crippen LogP contribution in [0.15, 0.2) is 18.2 Å². The highest BCUT2D eigenvalue weighted by Gasteiger charge is 2.18. The van der Waals surface area contributed by atoms with E-state index in [1.807, 2.05) is 43.5 Å². The standard InChI is InChI=1S/C15H20ClN3O/c1-4-8-17-13(20)9-19-14-10(2)6-5-7-12(14)18-15(19)11(3)16/h5-7,11H,4,8-9H2,1-3H3,(H,17,20). The molecule has 2 rings (SSSR count). The van der Waals surface area contributed by atoms with E-state index in [4.69, 9.17) is 11.6 Å². The summed E-state index contributed by atoms with van der Waals surface area (Å²) in [5.41, 5.74) is 2.97. The number of para-hydroxylation sites is 1. The van der Waals surface area contributed by atoms with Gasteiger partial charge >= 0.3 is 0 Å². The van der Waals surface area contributed by atoms with Crippen LogP contribution in [0.3, 0.4) is 0 Å². The normalized spacial score (nSPS) is 12.6. The largest absolute Gasteiger partial charge is 0.355 e. The number of imidazole rings is 1. The fourth-order valence-electron chi connectivity index (χ4n) is 2.31. The van der Waals surface area contributed by atoms with E-state index >= 15 is 0 Å². The molecule has 0 aliphatic heterocycles. The highest BCUT2D eigenvalue weighted by Crippen LogP contribution is 2.26. The molecule has 0 aliphatic rings. The van der Waals surface area contributed by atoms with Crippen LogP contribution in [0.5, 0.6) is 0 Å². The highest BCUT2D eigenvalue weighted by molar-refractivity contribution is 6.20. The summed E-state index contributed by atoms with van der Waals surface area (Å²) in [6.45, 7) is 6.87. The maximum atomic E-state index is 12.0. The first kappa shape index (κ1) is 14.9. The van der Waals surface area contributed by atoms with Crippen molar-refractivity contribution in [2.24, 2.45) is 0 Å². The molecule has 0 saturated heterocycles. The van der Waals surface area contributed by atoms with Gasteiger partial charge in [0, 0.05) is 6.54 Å². The van der Waals surface area contributed by atoms with Gasteiger partial charge in [-0.25, -0.2) is 4.98 Å². The number of nitrogens with one attached hydrogen (secondary N) is 1. The van der Waals surface area contributed by atoms with Gasteiger partial charge in [-0.1, -0.05) is 19.1 Å². The predicted octanol–water partition coefficient (Wildman–Crippen LogP) is 3.17. The van der Waals surface area contributed by atoms with Gasteiger partial charge in [-0.05, 0) is 31.9 Å². The van der Waals surface area contributed by atoms with E-state index in [0.717, 1.165) is 28.8 Å². The van der Waals surface area contributed by atoms with E-state index in [9.17, 15) is 4.79 Å². The third kappa shape index (κ3) is 2.96. The summed E-state index contributed by atoms with van der Waals surface area (Å²) >= 11 is 6.20. The highest BCUT2D eigenvalue weighted by atomic mass is 35.5. The molecule has 0 spiro atoms. The van der Waals surface area contributed by atoms with Crippen molar-refractivity contribution in [3.05, 3.63) is 29.6 Å². The molecule has 0 aliphatic carbocycles. The molecule has 2 aromatic rings. The van der Waals surface area contributed by atoms with Crippen molar-refractivity contribution in [1.82, 2.24) is 14.9 Å². The smallest absolute Gasteiger partial charge is 0.240 e. The van der Waals surface area contributed by atoms with Crippen LogP contribution in [0.2, 0.25) is 0 Å². The van der Waals surface area contributed by atoms with Crippen molar-refractivity contribution in [3.63, 3.8) is 0 Å². The topological polar surface area (TPSA) is 46.9 Å². The van der Waals surface area contributed by atoms with E-state index in [1.165, 1.54) is 0 Å². The number of rotatable bonds is 5. The van der Waals surface area contributed by atoms with Gasteiger partial charge in [-0.3, -0.25) is 4.79 Å². The van der Waals surface area contributed by atoms with Crippen molar-refractivity contribution in [2.45, 2.75) is 39.1 Å². The fraction of sp³-hybridized carbons (Fsp3) is 0.467. The van der Waals surface area contributed by atoms with Crippen molar-refractivity contribution in [2.75, 3.05) is 6.54 Å². The van der Waals surface area contributed by atoms with E-state index in [0.29, 0.717) is 6.54 Å². The van der Waals surface area contributed by atoms with Gasteiger partial charge in [0.15, 0.2) is 0 Å². The SMILES string of the molecule is CCCNC(=O)Cn1c(C(C)Cl)nc2cccc(C)c21. The number of carbonyl (C=O) groups is 1. The molecule has 1 atom stereocenters. The van der Waals surface area contributed by atoms with Crippen molar-refractivity contribution in [1.29, 1.82) is 0 Å². The van der Waals surface area contributed by atoms with E-state index in [1.54, 1.807) is 0 Å². The summed E-state index contributed by atoms with van der Waals surface area (Å²) in [5, 5.41) is 2.65. The average Bonchev–Trinajstić information content (AvgIpc) is 2.77. The lowest BCUT2D eigenvalue weighted by Gasteiger charge is -2.11. The van der Waals surface area contributed by atoms with E-state index in [2.05, 4.69) is 10.3 Å². The zero-order chi connectivity index (χ0) is 14.7. The number of aromatic nitrogens is 2. The number of benzene rings is 1. The summed E-state index contributed by atoms with van der Waals surface area (Å²) < 4.78 is 1.92. The number of amides is 1. The number of fused-ring (bicyclic) bond motifs is 1. The molecule has 0 bridgehead atoms. The second kappa shape index (κ2) is 6.27. The van der Waals surface area contributed by atoms with Crippen LogP contribution in [-0.4, -0.2) is 22.0 Å². The van der Waals surface area contributed by atoms with Gasteiger partial charge in [-0.15, -0.1) is 11.6 Å². The lowest BCUT2D eigenvalue weighted by Crippen LogP contribution is -2.28. The van der Waals surface area contributed by atoms with Gasteiger partial charge in [-0.2, -0.15) is 0 Å². The number of hydrogen-bond acceptors (Lipinski definition) is 2. The fourth-order valence-corrected chi connectivity index (χ4v) is 2.48. The van der Waals surface area contributed by atoms with Gasteiger partial charge < -0.3 is 9.88 Å². The Hall–Kier alpha value is -1.55. The zero-order valence-corrected chi connectivity index (χ0v) is 12.9. The third-order valence-electron chi connectivity index (χ3n) is 3.23. The molecule has 4 nitrogen and oxygen atoms in total. The quantitative estimate of drug-likeness (QED) is 0.861. The van der Waals surface area contributed by atoms with Gasteiger partial charge in [0.25, 0.3) is 0 Å². The molecule has 1 aromatic heterocycles. The zero-order valence-electron chi connectivity index (χ0n) is 12.1. The molecule has 1 unspecified atom stereocenters. The maximum absolute atomic E-state index is 12.0. The summed E-state index contributed by atoms with van der Waals surface area (Å²) in [6.07, 6.45) is 0.925. The Morgan fingerprint density at radius 2 is 2.25 bits per heavy atom. The molecule has 1 aromatic carbocycles. The minimum atomic E-state index is -0.235. The van der Waals surface area contributed by atoms with Crippen molar-refractivity contribution < 1.29 is 4.79 Å². The number of halogens is 1. The lowest BCUT2D eigenvalue weighted by molar-refractivity contribution is -0.121. The van der Waals surface area contributed by atoms with Crippen LogP contribution in [0.1, 0.15) is 37.0 Å². The average molecular weight is 294 g/mol. The Morgan fingerprint density at radius 3 is 2.90 bits per heavy atom. The number of carbonyl (C=O) groups excluding carboxylic acids is 1. The molecular weight excluding hydrogens is 274 g/mol. The van der Waals surface area contributed by atoms with Crippen LogP contribution >= 0.6 is 11.6 Å². The summed E-state index contributed by atoms with van der Waals surface area (Å²) in [7, 11) is 0. The summed E-state index contributed by atoms with van der Waals surface area (Å²) in [5.74, 6) is 0.732. The Labute approximate surface area is 124 Å². The first-order chi connectivity index (χ1) is 9.54. The second-order valence-electron chi connectivity index (χ2n) is 4.96. The Kier molecular flexibility index (Phi) is 4.65. The summed E-state index contributed by atoms with van der Waals surface area (Å²) in [6, 6.07) is 5.94. The Balaban J connectivity index is 2.43. The van der Waals surface area contributed by atoms with Crippen LogP contribution in [0.4, 0.5) is 0 Å². The van der Waals surface area contributed by atoms with Crippen LogP contribution < -0.4 is 5.32 Å². The number of nitrogens with zero attached hydrogens (tertiary/aromatic N) is 2. The molecule has 0 radical (unpaired) electrons. The maximum Gasteiger partial charge on any atom is 0.240 e. The predicted molar refractivity (Wildman–Crippen MR) is 82.0 cm³/mol. The molecule has 108 valence electrons. The molecule has 1 N–H and O–H groups in total. The van der Waals surface area contributed by atoms with Crippen molar-refractivity contribution >= 4 is 28.5 Å². The first-order valence-corrected chi connectivity index (χ1v) is 7.34. The van der Waals surface area contributed by atoms with Gasteiger partial charge in [0.1, 0.15) is 12.4 Å². The monoisotopic (exact) mass is 293 g/mol. The molecule has 5 heteroatoms. The molecule has 1 heterocycles. The second-order valence-corrected chi connectivity index (χ2v) is 5.62. The Morgan fingerprint density at radius 1 is 1.50 bits per heavy atom. The molecule has 1 amide bonds. The van der Waals surface area contributed by atoms with Crippen molar-refractivity contribution in [3.8, 4) is 0 Å². The lowest BCUT2D eigenvalue weighted by atomic mass is 10.2. The van der Waals surface area contributed by atoms with Crippen LogP contribution in [-0.2, 0) is 11.3 Å². The number of alkyl halides is 1. The first-order valence-electron chi connectivity index (χ1n) is 6.91. The summed E-state index contributed by atoms with van der Waals surface area (Å²) in [4.78, 5) is 16.6. The minimum Gasteiger partial charge on any atom is -0.355 e.